The Morgan fingerprint density at radius 3 is 2.14 bits per heavy atom. The van der Waals surface area contributed by atoms with Gasteiger partial charge in [-0.05, 0) is 39.5 Å². The number of hydrogen-bond donors (Lipinski definition) is 1. The Kier molecular flexibility index (Phi) is 1.53. The molecule has 3 fully saturated rings. The zero-order chi connectivity index (χ0) is 10.0. The zero-order valence-electron chi connectivity index (χ0n) is 9.01. The lowest BCUT2D eigenvalue weighted by molar-refractivity contribution is -0.148. The van der Waals surface area contributed by atoms with Gasteiger partial charge in [0.05, 0.1) is 12.7 Å². The van der Waals surface area contributed by atoms with E-state index in [4.69, 9.17) is 15.2 Å². The molecule has 3 heteroatoms. The van der Waals surface area contributed by atoms with Crippen LogP contribution in [0.1, 0.15) is 39.5 Å². The molecular formula is C11H19NO2. The molecule has 2 saturated carbocycles. The summed E-state index contributed by atoms with van der Waals surface area (Å²) in [6.45, 7) is 4.70. The Morgan fingerprint density at radius 1 is 1.14 bits per heavy atom. The first-order valence-corrected chi connectivity index (χ1v) is 5.58. The van der Waals surface area contributed by atoms with Gasteiger partial charge >= 0.3 is 0 Å². The maximum Gasteiger partial charge on any atom is 0.163 e. The molecule has 0 amide bonds. The highest BCUT2D eigenvalue weighted by molar-refractivity contribution is 5.22. The highest BCUT2D eigenvalue weighted by atomic mass is 16.7. The Hall–Kier alpha value is -0.120. The van der Waals surface area contributed by atoms with Crippen LogP contribution in [-0.2, 0) is 9.47 Å². The lowest BCUT2D eigenvalue weighted by atomic mass is 9.88. The predicted molar refractivity (Wildman–Crippen MR) is 52.7 cm³/mol. The van der Waals surface area contributed by atoms with E-state index >= 15 is 0 Å². The highest BCUT2D eigenvalue weighted by Crippen LogP contribution is 2.66. The fraction of sp³-hybridized carbons (Fsp3) is 1.00. The van der Waals surface area contributed by atoms with Gasteiger partial charge in [0.15, 0.2) is 5.79 Å². The lowest BCUT2D eigenvalue weighted by Crippen LogP contribution is -2.43. The number of hydrogen-bond acceptors (Lipinski definition) is 3. The first-order chi connectivity index (χ1) is 6.48. The number of ether oxygens (including phenoxy) is 2. The summed E-state index contributed by atoms with van der Waals surface area (Å²) in [7, 11) is 0. The van der Waals surface area contributed by atoms with Gasteiger partial charge in [0.2, 0.25) is 0 Å². The van der Waals surface area contributed by atoms with Crippen molar-refractivity contribution in [2.45, 2.75) is 57.0 Å². The smallest absolute Gasteiger partial charge is 0.163 e. The van der Waals surface area contributed by atoms with Gasteiger partial charge in [-0.1, -0.05) is 0 Å². The van der Waals surface area contributed by atoms with E-state index in [9.17, 15) is 0 Å². The second-order valence-electron chi connectivity index (χ2n) is 5.63. The maximum atomic E-state index is 6.32. The summed E-state index contributed by atoms with van der Waals surface area (Å²) >= 11 is 0. The van der Waals surface area contributed by atoms with E-state index in [1.54, 1.807) is 0 Å². The second kappa shape index (κ2) is 2.34. The number of rotatable bonds is 2. The van der Waals surface area contributed by atoms with Crippen molar-refractivity contribution in [3.8, 4) is 0 Å². The van der Waals surface area contributed by atoms with Crippen LogP contribution in [0.4, 0.5) is 0 Å². The van der Waals surface area contributed by atoms with Gasteiger partial charge in [0.1, 0.15) is 0 Å². The van der Waals surface area contributed by atoms with Crippen LogP contribution in [0.25, 0.3) is 0 Å². The van der Waals surface area contributed by atoms with Crippen LogP contribution in [0, 0.1) is 5.41 Å². The largest absolute Gasteiger partial charge is 0.348 e. The molecule has 80 valence electrons. The van der Waals surface area contributed by atoms with E-state index in [0.717, 1.165) is 6.61 Å². The molecule has 1 unspecified atom stereocenters. The van der Waals surface area contributed by atoms with Crippen molar-refractivity contribution in [1.29, 1.82) is 0 Å². The average Bonchev–Trinajstić information content (AvgIpc) is 2.96. The predicted octanol–water partition coefficient (Wildman–Crippen LogP) is 1.41. The summed E-state index contributed by atoms with van der Waals surface area (Å²) < 4.78 is 11.6. The van der Waals surface area contributed by atoms with E-state index < -0.39 is 5.79 Å². The topological polar surface area (TPSA) is 44.5 Å². The van der Waals surface area contributed by atoms with E-state index in [0.29, 0.717) is 0 Å². The summed E-state index contributed by atoms with van der Waals surface area (Å²) in [4.78, 5) is 0. The van der Waals surface area contributed by atoms with E-state index in [1.165, 1.54) is 25.7 Å². The van der Waals surface area contributed by atoms with Gasteiger partial charge in [-0.2, -0.15) is 0 Å². The Bertz CT molecular complexity index is 266. The molecule has 0 spiro atoms. The van der Waals surface area contributed by atoms with Crippen molar-refractivity contribution in [3.63, 3.8) is 0 Å². The van der Waals surface area contributed by atoms with Crippen molar-refractivity contribution in [3.05, 3.63) is 0 Å². The molecule has 2 aliphatic carbocycles. The monoisotopic (exact) mass is 197 g/mol. The van der Waals surface area contributed by atoms with Gasteiger partial charge in [0, 0.05) is 11.0 Å². The van der Waals surface area contributed by atoms with Crippen molar-refractivity contribution >= 4 is 0 Å². The third-order valence-electron chi connectivity index (χ3n) is 4.19. The molecule has 3 rings (SSSR count). The first-order valence-electron chi connectivity index (χ1n) is 5.58. The van der Waals surface area contributed by atoms with Crippen LogP contribution >= 0.6 is 0 Å². The minimum absolute atomic E-state index is 0.0848. The van der Waals surface area contributed by atoms with Crippen molar-refractivity contribution in [2.24, 2.45) is 11.1 Å². The fourth-order valence-corrected chi connectivity index (χ4v) is 2.87. The van der Waals surface area contributed by atoms with E-state index in [-0.39, 0.29) is 17.1 Å². The molecule has 1 aliphatic heterocycles. The summed E-state index contributed by atoms with van der Waals surface area (Å²) in [6, 6.07) is 0. The first kappa shape index (κ1) is 9.13. The lowest BCUT2D eigenvalue weighted by Gasteiger charge is -2.29. The van der Waals surface area contributed by atoms with Gasteiger partial charge in [-0.25, -0.2) is 0 Å². The summed E-state index contributed by atoms with van der Waals surface area (Å²) in [6.07, 6.45) is 5.05. The average molecular weight is 197 g/mol. The Labute approximate surface area is 84.9 Å². The van der Waals surface area contributed by atoms with E-state index in [1.807, 2.05) is 13.8 Å². The summed E-state index contributed by atoms with van der Waals surface area (Å²) in [5, 5.41) is 0. The highest BCUT2D eigenvalue weighted by Gasteiger charge is 2.68. The number of nitrogens with two attached hydrogens (primary N) is 1. The Balaban J connectivity index is 1.78. The molecule has 2 N–H and O–H groups in total. The van der Waals surface area contributed by atoms with Crippen molar-refractivity contribution < 1.29 is 9.47 Å². The minimum atomic E-state index is -0.397. The van der Waals surface area contributed by atoms with Crippen LogP contribution < -0.4 is 5.73 Å². The third kappa shape index (κ3) is 1.09. The molecule has 14 heavy (non-hydrogen) atoms. The van der Waals surface area contributed by atoms with Gasteiger partial charge in [-0.3, -0.25) is 0 Å². The standard InChI is InChI=1S/C11H19NO2/c1-9(2)13-7-8(14-9)10(3-4-10)11(12)5-6-11/h8H,3-7,12H2,1-2H3. The molecular weight excluding hydrogens is 178 g/mol. The molecule has 0 aromatic carbocycles. The minimum Gasteiger partial charge on any atom is -0.348 e. The molecule has 1 saturated heterocycles. The quantitative estimate of drug-likeness (QED) is 0.728. The van der Waals surface area contributed by atoms with Crippen LogP contribution in [0.15, 0.2) is 0 Å². The summed E-state index contributed by atoms with van der Waals surface area (Å²) in [5.41, 5.74) is 6.67. The van der Waals surface area contributed by atoms with Gasteiger partial charge in [0.25, 0.3) is 0 Å². The molecule has 3 nitrogen and oxygen atoms in total. The van der Waals surface area contributed by atoms with Crippen LogP contribution in [0.3, 0.4) is 0 Å². The van der Waals surface area contributed by atoms with Crippen LogP contribution in [0.2, 0.25) is 0 Å². The van der Waals surface area contributed by atoms with E-state index in [2.05, 4.69) is 0 Å². The van der Waals surface area contributed by atoms with Crippen molar-refractivity contribution in [2.75, 3.05) is 6.61 Å². The Morgan fingerprint density at radius 2 is 1.79 bits per heavy atom. The second-order valence-corrected chi connectivity index (χ2v) is 5.63. The normalized spacial score (nSPS) is 40.9. The van der Waals surface area contributed by atoms with Gasteiger partial charge in [-0.15, -0.1) is 0 Å². The maximum absolute atomic E-state index is 6.32. The zero-order valence-corrected chi connectivity index (χ0v) is 9.01. The van der Waals surface area contributed by atoms with Crippen LogP contribution in [0.5, 0.6) is 0 Å². The summed E-state index contributed by atoms with van der Waals surface area (Å²) in [5.74, 6) is -0.397. The molecule has 1 atom stereocenters. The van der Waals surface area contributed by atoms with Gasteiger partial charge < -0.3 is 15.2 Å². The molecule has 0 radical (unpaired) electrons. The third-order valence-corrected chi connectivity index (χ3v) is 4.19. The molecule has 1 heterocycles. The van der Waals surface area contributed by atoms with Crippen molar-refractivity contribution in [1.82, 2.24) is 0 Å². The van der Waals surface area contributed by atoms with Crippen LogP contribution in [-0.4, -0.2) is 24.0 Å². The molecule has 0 aromatic rings. The molecule has 0 aromatic heterocycles. The molecule has 3 aliphatic rings. The molecule has 0 bridgehead atoms. The SMILES string of the molecule is CC1(C)OCC(C2(C3(N)CC3)CC2)O1. The fourth-order valence-electron chi connectivity index (χ4n) is 2.87.